The van der Waals surface area contributed by atoms with Crippen molar-refractivity contribution in [3.63, 3.8) is 0 Å². The normalized spacial score (nSPS) is 23.3. The number of unbranched alkanes of at least 4 members (excludes halogenated alkanes) is 40. The monoisotopic (exact) mass is 1260 g/mol. The van der Waals surface area contributed by atoms with E-state index < -0.39 is 86.8 Å². The third-order valence-corrected chi connectivity index (χ3v) is 17.9. The van der Waals surface area contributed by atoms with Gasteiger partial charge in [0.15, 0.2) is 12.6 Å². The summed E-state index contributed by atoms with van der Waals surface area (Å²) in [7, 11) is 0. The fourth-order valence-corrected chi connectivity index (χ4v) is 12.0. The Hall–Kier alpha value is -2.31. The molecule has 0 bridgehead atoms. The Labute approximate surface area is 543 Å². The second-order valence-corrected chi connectivity index (χ2v) is 26.1. The largest absolute Gasteiger partial charge is 0.394 e. The molecule has 2 fully saturated rings. The van der Waals surface area contributed by atoms with Crippen LogP contribution in [0.15, 0.2) is 60.8 Å². The van der Waals surface area contributed by atoms with Crippen molar-refractivity contribution in [3.05, 3.63) is 60.8 Å². The molecule has 520 valence electrons. The van der Waals surface area contributed by atoms with Gasteiger partial charge in [-0.15, -0.1) is 0 Å². The van der Waals surface area contributed by atoms with E-state index in [0.717, 1.165) is 51.4 Å². The van der Waals surface area contributed by atoms with Crippen molar-refractivity contribution in [1.29, 1.82) is 0 Å². The van der Waals surface area contributed by atoms with Gasteiger partial charge in [0.1, 0.15) is 48.8 Å². The van der Waals surface area contributed by atoms with Crippen LogP contribution < -0.4 is 5.32 Å². The van der Waals surface area contributed by atoms with Crippen LogP contribution >= 0.6 is 0 Å². The molecule has 2 aliphatic rings. The predicted octanol–water partition coefficient (Wildman–Crippen LogP) is 15.6. The van der Waals surface area contributed by atoms with E-state index in [1.807, 2.05) is 6.08 Å². The molecule has 0 aromatic heterocycles. The molecule has 14 heteroatoms. The van der Waals surface area contributed by atoms with Crippen LogP contribution in [0.4, 0.5) is 0 Å². The molecule has 0 aromatic carbocycles. The van der Waals surface area contributed by atoms with E-state index >= 15 is 0 Å². The highest BCUT2D eigenvalue weighted by atomic mass is 16.7. The highest BCUT2D eigenvalue weighted by molar-refractivity contribution is 5.76. The lowest BCUT2D eigenvalue weighted by Gasteiger charge is -2.46. The summed E-state index contributed by atoms with van der Waals surface area (Å²) in [5, 5.41) is 87.5. The molecular formula is C75H137NO13. The number of amides is 1. The smallest absolute Gasteiger partial charge is 0.220 e. The van der Waals surface area contributed by atoms with E-state index in [-0.39, 0.29) is 18.9 Å². The first kappa shape index (κ1) is 82.8. The van der Waals surface area contributed by atoms with Gasteiger partial charge in [0.25, 0.3) is 0 Å². The van der Waals surface area contributed by atoms with Crippen LogP contribution in [0.1, 0.15) is 316 Å². The second kappa shape index (κ2) is 59.4. The van der Waals surface area contributed by atoms with Crippen molar-refractivity contribution in [1.82, 2.24) is 5.32 Å². The third kappa shape index (κ3) is 43.3. The zero-order valence-electron chi connectivity index (χ0n) is 56.7. The highest BCUT2D eigenvalue weighted by Crippen LogP contribution is 2.30. The minimum atomic E-state index is -1.79. The molecule has 0 aliphatic carbocycles. The molecule has 9 N–H and O–H groups in total. The van der Waals surface area contributed by atoms with Gasteiger partial charge in [-0.2, -0.15) is 0 Å². The standard InChI is InChI=1S/C75H137NO13/c1-3-5-7-9-11-13-15-17-19-21-23-25-27-29-31-33-34-36-38-40-42-44-46-48-50-52-54-56-58-64(79)63(62-86-74-72(85)70(83)73(66(61-78)88-74)89-75-71(84)69(82)68(81)65(60-77)87-75)76-67(80)59-57-55-53-51-49-47-45-43-41-39-37-35-32-30-28-26-24-22-20-18-16-14-12-10-8-6-4-2/h16,18,22,24,40,42,48,50,56,58,63-66,68-75,77-79,81-85H,3-15,17,19-21,23,25-39,41,43-47,49,51-55,57,59-62H2,1-2H3,(H,76,80)/b18-16-,24-22-,42-40+,50-48+,58-56+. The Bertz CT molecular complexity index is 1720. The summed E-state index contributed by atoms with van der Waals surface area (Å²) >= 11 is 0. The molecule has 0 saturated carbocycles. The molecule has 2 heterocycles. The van der Waals surface area contributed by atoms with Gasteiger partial charge in [0.05, 0.1) is 32.0 Å². The average Bonchev–Trinajstić information content (AvgIpc) is 2.75. The number of hydrogen-bond acceptors (Lipinski definition) is 13. The summed E-state index contributed by atoms with van der Waals surface area (Å²) in [5.74, 6) is -0.251. The predicted molar refractivity (Wildman–Crippen MR) is 364 cm³/mol. The Kier molecular flexibility index (Phi) is 55.3. The number of hydrogen-bond donors (Lipinski definition) is 9. The molecule has 0 spiro atoms. The maximum atomic E-state index is 13.3. The minimum absolute atomic E-state index is 0.251. The van der Waals surface area contributed by atoms with Gasteiger partial charge in [0, 0.05) is 6.42 Å². The molecule has 14 nitrogen and oxygen atoms in total. The summed E-state index contributed by atoms with van der Waals surface area (Å²) < 4.78 is 22.9. The number of carbonyl (C=O) groups is 1. The Morgan fingerprint density at radius 3 is 1.17 bits per heavy atom. The molecule has 2 saturated heterocycles. The first-order valence-electron chi connectivity index (χ1n) is 37.0. The fraction of sp³-hybridized carbons (Fsp3) is 0.853. The van der Waals surface area contributed by atoms with Crippen molar-refractivity contribution < 1.29 is 64.6 Å². The molecule has 89 heavy (non-hydrogen) atoms. The summed E-state index contributed by atoms with van der Waals surface area (Å²) in [4.78, 5) is 13.3. The number of allylic oxidation sites excluding steroid dienone is 9. The molecule has 2 rings (SSSR count). The van der Waals surface area contributed by atoms with Gasteiger partial charge in [0.2, 0.25) is 5.91 Å². The van der Waals surface area contributed by atoms with Crippen molar-refractivity contribution in [2.24, 2.45) is 0 Å². The number of ether oxygens (including phenoxy) is 4. The third-order valence-electron chi connectivity index (χ3n) is 17.9. The van der Waals surface area contributed by atoms with E-state index in [1.54, 1.807) is 6.08 Å². The minimum Gasteiger partial charge on any atom is -0.394 e. The summed E-state index contributed by atoms with van der Waals surface area (Å²) in [6.45, 7) is 2.81. The summed E-state index contributed by atoms with van der Waals surface area (Å²) in [5.41, 5.74) is 0. The van der Waals surface area contributed by atoms with Crippen LogP contribution in [0.25, 0.3) is 0 Å². The van der Waals surface area contributed by atoms with Crippen LogP contribution in [0.2, 0.25) is 0 Å². The van der Waals surface area contributed by atoms with Crippen molar-refractivity contribution in [2.45, 2.75) is 389 Å². The van der Waals surface area contributed by atoms with Gasteiger partial charge in [-0.1, -0.05) is 293 Å². The lowest BCUT2D eigenvalue weighted by Crippen LogP contribution is -2.65. The molecule has 0 aromatic rings. The first-order chi connectivity index (χ1) is 43.6. The summed E-state index contributed by atoms with van der Waals surface area (Å²) in [6.07, 6.45) is 62.9. The SMILES string of the molecule is CCCCCCC/C=C\C/C=C\CCCCCCCCCCCCCCCCCC(=O)NC(COC1OC(CO)C(OC2OC(CO)C(O)C(O)C2O)C(O)C1O)C(O)/C=C/CC/C=C/CC/C=C/CCCCCCCCCCCCCCCCCCCC. The van der Waals surface area contributed by atoms with Crippen LogP contribution in [0.5, 0.6) is 0 Å². The van der Waals surface area contributed by atoms with Gasteiger partial charge >= 0.3 is 0 Å². The highest BCUT2D eigenvalue weighted by Gasteiger charge is 2.51. The van der Waals surface area contributed by atoms with E-state index in [4.69, 9.17) is 18.9 Å². The molecule has 1 amide bonds. The summed E-state index contributed by atoms with van der Waals surface area (Å²) in [6, 6.07) is -0.941. The molecule has 12 atom stereocenters. The van der Waals surface area contributed by atoms with Gasteiger partial charge in [-0.25, -0.2) is 0 Å². The molecule has 2 aliphatic heterocycles. The van der Waals surface area contributed by atoms with Gasteiger partial charge < -0.3 is 65.1 Å². The number of rotatable bonds is 61. The van der Waals surface area contributed by atoms with Crippen molar-refractivity contribution >= 4 is 5.91 Å². The van der Waals surface area contributed by atoms with Crippen LogP contribution in [-0.4, -0.2) is 140 Å². The van der Waals surface area contributed by atoms with Crippen LogP contribution in [0.3, 0.4) is 0 Å². The second-order valence-electron chi connectivity index (χ2n) is 26.1. The van der Waals surface area contributed by atoms with Crippen LogP contribution in [0, 0.1) is 0 Å². The number of carbonyl (C=O) groups excluding carboxylic acids is 1. The topological polar surface area (TPSA) is 228 Å². The van der Waals surface area contributed by atoms with E-state index in [9.17, 15) is 45.6 Å². The fourth-order valence-electron chi connectivity index (χ4n) is 12.0. The Balaban J connectivity index is 1.69. The van der Waals surface area contributed by atoms with E-state index in [1.165, 1.54) is 231 Å². The zero-order valence-corrected chi connectivity index (χ0v) is 56.7. The quantitative estimate of drug-likeness (QED) is 0.0204. The maximum Gasteiger partial charge on any atom is 0.220 e. The maximum absolute atomic E-state index is 13.3. The average molecular weight is 1260 g/mol. The molecule has 0 radical (unpaired) electrons. The first-order valence-corrected chi connectivity index (χ1v) is 37.0. The zero-order chi connectivity index (χ0) is 64.5. The Morgan fingerprint density at radius 2 is 0.753 bits per heavy atom. The number of nitrogens with one attached hydrogen (secondary N) is 1. The number of aliphatic hydroxyl groups excluding tert-OH is 8. The molecular weight excluding hydrogens is 1120 g/mol. The van der Waals surface area contributed by atoms with E-state index in [2.05, 4.69) is 67.8 Å². The van der Waals surface area contributed by atoms with Gasteiger partial charge in [-0.3, -0.25) is 4.79 Å². The van der Waals surface area contributed by atoms with Crippen LogP contribution in [-0.2, 0) is 23.7 Å². The van der Waals surface area contributed by atoms with E-state index in [0.29, 0.717) is 12.8 Å². The lowest BCUT2D eigenvalue weighted by molar-refractivity contribution is -0.359. The molecule has 12 unspecified atom stereocenters. The van der Waals surface area contributed by atoms with Gasteiger partial charge in [-0.05, 0) is 77.0 Å². The van der Waals surface area contributed by atoms with Crippen molar-refractivity contribution in [3.8, 4) is 0 Å². The lowest BCUT2D eigenvalue weighted by atomic mass is 9.97. The van der Waals surface area contributed by atoms with Crippen molar-refractivity contribution in [2.75, 3.05) is 19.8 Å². The number of aliphatic hydroxyl groups is 8. The Morgan fingerprint density at radius 1 is 0.404 bits per heavy atom.